The summed E-state index contributed by atoms with van der Waals surface area (Å²) in [4.78, 5) is 0.143. The molecule has 0 aliphatic rings. The minimum atomic E-state index is -3.73. The van der Waals surface area contributed by atoms with Crippen LogP contribution in [0.15, 0.2) is 4.90 Å². The van der Waals surface area contributed by atoms with Crippen molar-refractivity contribution in [1.29, 1.82) is 0 Å². The average Bonchev–Trinajstić information content (AvgIpc) is 2.81. The molecule has 0 bridgehead atoms. The van der Waals surface area contributed by atoms with Crippen LogP contribution in [0.2, 0.25) is 0 Å². The van der Waals surface area contributed by atoms with E-state index in [-0.39, 0.29) is 30.6 Å². The Kier molecular flexibility index (Phi) is 6.75. The van der Waals surface area contributed by atoms with Crippen LogP contribution in [-0.4, -0.2) is 62.9 Å². The molecule has 0 aromatic carbocycles. The van der Waals surface area contributed by atoms with E-state index < -0.39 is 10.0 Å². The number of aromatic nitrogens is 2. The van der Waals surface area contributed by atoms with Crippen molar-refractivity contribution in [3.05, 3.63) is 11.4 Å². The largest absolute Gasteiger partial charge is 0.383 e. The quantitative estimate of drug-likeness (QED) is 0.654. The van der Waals surface area contributed by atoms with Crippen LogP contribution in [0, 0.1) is 6.92 Å². The molecule has 0 spiro atoms. The summed E-state index contributed by atoms with van der Waals surface area (Å²) in [6.45, 7) is 4.32. The molecule has 1 rings (SSSR count). The van der Waals surface area contributed by atoms with Gasteiger partial charge in [-0.15, -0.1) is 0 Å². The summed E-state index contributed by atoms with van der Waals surface area (Å²) in [5, 5.41) is 6.63. The first-order chi connectivity index (χ1) is 9.89. The van der Waals surface area contributed by atoms with Gasteiger partial charge in [0.2, 0.25) is 10.0 Å². The summed E-state index contributed by atoms with van der Waals surface area (Å²) >= 11 is 0. The summed E-state index contributed by atoms with van der Waals surface area (Å²) in [6, 6.07) is -0.324. The molecule has 0 saturated heterocycles. The number of H-pyrrole nitrogens is 1. The van der Waals surface area contributed by atoms with E-state index in [0.29, 0.717) is 18.0 Å². The lowest BCUT2D eigenvalue weighted by molar-refractivity contribution is 0.119. The second kappa shape index (κ2) is 7.85. The zero-order valence-electron chi connectivity index (χ0n) is 12.9. The van der Waals surface area contributed by atoms with E-state index in [1.807, 2.05) is 0 Å². The molecule has 0 radical (unpaired) electrons. The van der Waals surface area contributed by atoms with Gasteiger partial charge in [-0.25, -0.2) is 8.42 Å². The van der Waals surface area contributed by atoms with Crippen LogP contribution in [0.4, 0.5) is 0 Å². The molecule has 0 amide bonds. The molecule has 9 heteroatoms. The number of hydrogen-bond donors (Lipinski definition) is 2. The highest BCUT2D eigenvalue weighted by atomic mass is 32.2. The second-order valence-corrected chi connectivity index (χ2v) is 6.57. The minimum absolute atomic E-state index is 0.0513. The number of nitrogens with zero attached hydrogens (tertiary/aromatic N) is 2. The van der Waals surface area contributed by atoms with Gasteiger partial charge in [0.25, 0.3) is 0 Å². The lowest BCUT2D eigenvalue weighted by Gasteiger charge is -2.27. The van der Waals surface area contributed by atoms with Crippen molar-refractivity contribution in [2.45, 2.75) is 31.3 Å². The fourth-order valence-corrected chi connectivity index (χ4v) is 4.09. The Morgan fingerprint density at radius 3 is 2.57 bits per heavy atom. The van der Waals surface area contributed by atoms with Crippen molar-refractivity contribution in [2.75, 3.05) is 34.0 Å². The SMILES string of the molecule is COCCN(C(C)COC)S(=O)(=O)c1c(CN)n[nH]c1C. The number of nitrogens with two attached hydrogens (primary N) is 1. The zero-order valence-corrected chi connectivity index (χ0v) is 13.7. The van der Waals surface area contributed by atoms with E-state index in [1.165, 1.54) is 18.5 Å². The van der Waals surface area contributed by atoms with Crippen LogP contribution in [-0.2, 0) is 26.0 Å². The predicted octanol–water partition coefficient (Wildman–Crippen LogP) is -0.151. The molecule has 1 atom stereocenters. The number of nitrogens with one attached hydrogen (secondary N) is 1. The molecule has 0 aliphatic heterocycles. The van der Waals surface area contributed by atoms with Gasteiger partial charge >= 0.3 is 0 Å². The summed E-state index contributed by atoms with van der Waals surface area (Å²) in [6.07, 6.45) is 0. The third-order valence-corrected chi connectivity index (χ3v) is 5.35. The normalized spacial score (nSPS) is 13.8. The highest BCUT2D eigenvalue weighted by molar-refractivity contribution is 7.89. The van der Waals surface area contributed by atoms with Crippen molar-refractivity contribution < 1.29 is 17.9 Å². The Labute approximate surface area is 125 Å². The number of rotatable bonds is 9. The molecule has 122 valence electrons. The number of ether oxygens (including phenoxy) is 2. The highest BCUT2D eigenvalue weighted by Crippen LogP contribution is 2.23. The van der Waals surface area contributed by atoms with E-state index in [9.17, 15) is 8.42 Å². The summed E-state index contributed by atoms with van der Waals surface area (Å²) < 4.78 is 37.3. The minimum Gasteiger partial charge on any atom is -0.383 e. The Morgan fingerprint density at radius 1 is 1.38 bits per heavy atom. The van der Waals surface area contributed by atoms with Gasteiger partial charge in [-0.05, 0) is 13.8 Å². The Bertz CT molecular complexity index is 543. The van der Waals surface area contributed by atoms with Gasteiger partial charge in [-0.2, -0.15) is 9.40 Å². The van der Waals surface area contributed by atoms with Gasteiger partial charge in [0.1, 0.15) is 4.90 Å². The third kappa shape index (κ3) is 4.01. The standard InChI is InChI=1S/C12H24N4O4S/c1-9(8-20-4)16(5-6-19-3)21(17,18)12-10(2)14-15-11(12)7-13/h9H,5-8,13H2,1-4H3,(H,14,15). The fourth-order valence-electron chi connectivity index (χ4n) is 2.15. The van der Waals surface area contributed by atoms with E-state index in [4.69, 9.17) is 15.2 Å². The van der Waals surface area contributed by atoms with Crippen LogP contribution >= 0.6 is 0 Å². The molecule has 1 unspecified atom stereocenters. The predicted molar refractivity (Wildman–Crippen MR) is 78.3 cm³/mol. The first-order valence-corrected chi connectivity index (χ1v) is 8.07. The zero-order chi connectivity index (χ0) is 16.0. The summed E-state index contributed by atoms with van der Waals surface area (Å²) in [5.41, 5.74) is 6.39. The maximum absolute atomic E-state index is 12.9. The van der Waals surface area contributed by atoms with E-state index in [0.717, 1.165) is 0 Å². The molecule has 0 aliphatic carbocycles. The lowest BCUT2D eigenvalue weighted by Crippen LogP contribution is -2.43. The average molecular weight is 320 g/mol. The molecule has 0 fully saturated rings. The monoisotopic (exact) mass is 320 g/mol. The number of aryl methyl sites for hydroxylation is 1. The fraction of sp³-hybridized carbons (Fsp3) is 0.750. The number of aromatic amines is 1. The topological polar surface area (TPSA) is 111 Å². The molecule has 21 heavy (non-hydrogen) atoms. The Hall–Kier alpha value is -1.00. The van der Waals surface area contributed by atoms with E-state index in [1.54, 1.807) is 13.8 Å². The van der Waals surface area contributed by atoms with E-state index >= 15 is 0 Å². The van der Waals surface area contributed by atoms with Gasteiger partial charge in [-0.3, -0.25) is 5.10 Å². The molecule has 0 saturated carbocycles. The third-order valence-electron chi connectivity index (χ3n) is 3.14. The molecule has 1 aromatic rings. The smallest absolute Gasteiger partial charge is 0.247 e. The van der Waals surface area contributed by atoms with Crippen molar-refractivity contribution >= 4 is 10.0 Å². The van der Waals surface area contributed by atoms with Crippen LogP contribution in [0.3, 0.4) is 0 Å². The van der Waals surface area contributed by atoms with Crippen LogP contribution < -0.4 is 5.73 Å². The van der Waals surface area contributed by atoms with Gasteiger partial charge in [-0.1, -0.05) is 0 Å². The molecule has 1 aromatic heterocycles. The van der Waals surface area contributed by atoms with Crippen molar-refractivity contribution in [3.8, 4) is 0 Å². The number of methoxy groups -OCH3 is 2. The van der Waals surface area contributed by atoms with E-state index in [2.05, 4.69) is 10.2 Å². The van der Waals surface area contributed by atoms with Crippen molar-refractivity contribution in [2.24, 2.45) is 5.73 Å². The summed E-state index contributed by atoms with van der Waals surface area (Å²) in [5.74, 6) is 0. The maximum atomic E-state index is 12.9. The molecular formula is C12H24N4O4S. The molecule has 1 heterocycles. The second-order valence-electron chi connectivity index (χ2n) is 4.74. The molecule has 3 N–H and O–H groups in total. The van der Waals surface area contributed by atoms with Crippen molar-refractivity contribution in [3.63, 3.8) is 0 Å². The molecule has 8 nitrogen and oxygen atoms in total. The first-order valence-electron chi connectivity index (χ1n) is 6.63. The van der Waals surface area contributed by atoms with Gasteiger partial charge in [0, 0.05) is 33.4 Å². The van der Waals surface area contributed by atoms with Crippen LogP contribution in [0.25, 0.3) is 0 Å². The first kappa shape index (κ1) is 18.1. The van der Waals surface area contributed by atoms with Crippen LogP contribution in [0.5, 0.6) is 0 Å². The van der Waals surface area contributed by atoms with Crippen molar-refractivity contribution in [1.82, 2.24) is 14.5 Å². The summed E-state index contributed by atoms with van der Waals surface area (Å²) in [7, 11) is -0.664. The van der Waals surface area contributed by atoms with Gasteiger partial charge in [0.05, 0.1) is 24.6 Å². The number of hydrogen-bond acceptors (Lipinski definition) is 6. The highest BCUT2D eigenvalue weighted by Gasteiger charge is 2.33. The Balaban J connectivity index is 3.22. The number of sulfonamides is 1. The van der Waals surface area contributed by atoms with Crippen LogP contribution in [0.1, 0.15) is 18.3 Å². The van der Waals surface area contributed by atoms with Gasteiger partial charge < -0.3 is 15.2 Å². The Morgan fingerprint density at radius 2 is 2.05 bits per heavy atom. The lowest BCUT2D eigenvalue weighted by atomic mass is 10.3. The molecular weight excluding hydrogens is 296 g/mol. The maximum Gasteiger partial charge on any atom is 0.247 e. The van der Waals surface area contributed by atoms with Gasteiger partial charge in [0.15, 0.2) is 0 Å².